The average molecular weight is 329 g/mol. The van der Waals surface area contributed by atoms with Crippen molar-refractivity contribution in [2.45, 2.75) is 31.3 Å². The van der Waals surface area contributed by atoms with Crippen LogP contribution in [0.2, 0.25) is 5.02 Å². The van der Waals surface area contributed by atoms with Crippen LogP contribution in [0.4, 0.5) is 4.39 Å². The zero-order valence-electron chi connectivity index (χ0n) is 12.0. The number of hydrogen-bond donors (Lipinski definition) is 2. The van der Waals surface area contributed by atoms with Crippen LogP contribution in [0.25, 0.3) is 0 Å². The zero-order valence-corrected chi connectivity index (χ0v) is 12.8. The highest BCUT2D eigenvalue weighted by Gasteiger charge is 2.36. The van der Waals surface area contributed by atoms with Gasteiger partial charge in [0.25, 0.3) is 0 Å². The fourth-order valence-corrected chi connectivity index (χ4v) is 2.97. The van der Waals surface area contributed by atoms with Gasteiger partial charge in [-0.3, -0.25) is 9.59 Å². The number of nitrogens with two attached hydrogens (primary N) is 1. The summed E-state index contributed by atoms with van der Waals surface area (Å²) in [5.41, 5.74) is 4.39. The molecule has 2 amide bonds. The number of amides is 2. The van der Waals surface area contributed by atoms with Crippen molar-refractivity contribution in [2.75, 3.05) is 13.1 Å². The quantitative estimate of drug-likeness (QED) is 0.872. The third-order valence-corrected chi connectivity index (χ3v) is 4.12. The number of carbonyl (C=O) groups excluding carboxylic acids is 2. The summed E-state index contributed by atoms with van der Waals surface area (Å²) in [5.74, 6) is -1.29. The molecule has 7 heteroatoms. The molecule has 1 heterocycles. The van der Waals surface area contributed by atoms with Gasteiger partial charge in [0.15, 0.2) is 0 Å². The number of β-amino-alcohol motifs (C(OH)–C–C–N with tert-alkyl or cyclic N) is 1. The van der Waals surface area contributed by atoms with E-state index in [1.807, 2.05) is 0 Å². The van der Waals surface area contributed by atoms with Crippen LogP contribution in [-0.2, 0) is 16.0 Å². The molecule has 0 radical (unpaired) electrons. The van der Waals surface area contributed by atoms with Gasteiger partial charge in [0.1, 0.15) is 5.82 Å². The highest BCUT2D eigenvalue weighted by atomic mass is 35.5. The van der Waals surface area contributed by atoms with Gasteiger partial charge in [-0.15, -0.1) is 0 Å². The lowest BCUT2D eigenvalue weighted by Gasteiger charge is -2.38. The summed E-state index contributed by atoms with van der Waals surface area (Å²) in [6.45, 7) is 0.562. The molecule has 0 bridgehead atoms. The molecule has 1 unspecified atom stereocenters. The first-order valence-electron chi connectivity index (χ1n) is 7.01. The monoisotopic (exact) mass is 328 g/mol. The molecule has 1 aromatic carbocycles. The number of halogens is 2. The van der Waals surface area contributed by atoms with Crippen LogP contribution < -0.4 is 5.73 Å². The highest BCUT2D eigenvalue weighted by Crippen LogP contribution is 2.25. The van der Waals surface area contributed by atoms with E-state index < -0.39 is 17.3 Å². The zero-order chi connectivity index (χ0) is 16.3. The van der Waals surface area contributed by atoms with Gasteiger partial charge in [-0.1, -0.05) is 17.7 Å². The summed E-state index contributed by atoms with van der Waals surface area (Å²) in [4.78, 5) is 24.8. The molecule has 0 aromatic heterocycles. The Labute approximate surface area is 132 Å². The van der Waals surface area contributed by atoms with Crippen molar-refractivity contribution in [2.24, 2.45) is 5.73 Å². The molecule has 120 valence electrons. The lowest BCUT2D eigenvalue weighted by molar-refractivity contribution is -0.141. The van der Waals surface area contributed by atoms with Gasteiger partial charge >= 0.3 is 0 Å². The van der Waals surface area contributed by atoms with Crippen LogP contribution in [0.1, 0.15) is 24.8 Å². The van der Waals surface area contributed by atoms with Crippen molar-refractivity contribution in [1.29, 1.82) is 0 Å². The maximum Gasteiger partial charge on any atom is 0.227 e. The van der Waals surface area contributed by atoms with Crippen LogP contribution in [0.5, 0.6) is 0 Å². The summed E-state index contributed by atoms with van der Waals surface area (Å²) in [6, 6.07) is 3.87. The van der Waals surface area contributed by atoms with E-state index in [-0.39, 0.29) is 30.3 Å². The Morgan fingerprint density at radius 1 is 1.45 bits per heavy atom. The summed E-state index contributed by atoms with van der Waals surface area (Å²) in [5, 5.41) is 10.5. The molecular formula is C15H18ClFN2O3. The molecule has 1 aliphatic rings. The van der Waals surface area contributed by atoms with E-state index in [9.17, 15) is 19.1 Å². The minimum absolute atomic E-state index is 0.0196. The molecule has 5 nitrogen and oxygen atoms in total. The van der Waals surface area contributed by atoms with Crippen molar-refractivity contribution in [3.05, 3.63) is 34.6 Å². The van der Waals surface area contributed by atoms with E-state index in [1.165, 1.54) is 17.0 Å². The maximum absolute atomic E-state index is 13.0. The van der Waals surface area contributed by atoms with Crippen molar-refractivity contribution in [3.8, 4) is 0 Å². The molecule has 2 rings (SSSR count). The first-order chi connectivity index (χ1) is 10.3. The Kier molecular flexibility index (Phi) is 5.03. The van der Waals surface area contributed by atoms with E-state index in [0.717, 1.165) is 6.07 Å². The fourth-order valence-electron chi connectivity index (χ4n) is 2.73. The van der Waals surface area contributed by atoms with Crippen molar-refractivity contribution >= 4 is 23.4 Å². The molecule has 22 heavy (non-hydrogen) atoms. The average Bonchev–Trinajstić information content (AvgIpc) is 2.40. The highest BCUT2D eigenvalue weighted by molar-refractivity contribution is 6.31. The number of rotatable bonds is 4. The smallest absolute Gasteiger partial charge is 0.227 e. The molecule has 1 aromatic rings. The molecule has 0 spiro atoms. The Morgan fingerprint density at radius 2 is 2.18 bits per heavy atom. The third kappa shape index (κ3) is 4.18. The molecule has 1 atom stereocenters. The molecule has 1 aliphatic heterocycles. The Balaban J connectivity index is 2.04. The summed E-state index contributed by atoms with van der Waals surface area (Å²) in [7, 11) is 0. The van der Waals surface area contributed by atoms with Gasteiger partial charge in [0, 0.05) is 18.1 Å². The van der Waals surface area contributed by atoms with Crippen molar-refractivity contribution in [1.82, 2.24) is 4.90 Å². The molecular weight excluding hydrogens is 311 g/mol. The van der Waals surface area contributed by atoms with Crippen molar-refractivity contribution in [3.63, 3.8) is 0 Å². The minimum atomic E-state index is -1.27. The van der Waals surface area contributed by atoms with Crippen LogP contribution in [0.15, 0.2) is 18.2 Å². The summed E-state index contributed by atoms with van der Waals surface area (Å²) < 4.78 is 13.0. The normalized spacial score (nSPS) is 21.7. The number of primary amides is 1. The number of piperidine rings is 1. The van der Waals surface area contributed by atoms with E-state index in [4.69, 9.17) is 17.3 Å². The number of nitrogens with zero attached hydrogens (tertiary/aromatic N) is 1. The topological polar surface area (TPSA) is 83.6 Å². The number of benzene rings is 1. The first kappa shape index (κ1) is 16.7. The number of likely N-dealkylation sites (tertiary alicyclic amines) is 1. The van der Waals surface area contributed by atoms with E-state index in [1.54, 1.807) is 0 Å². The maximum atomic E-state index is 13.0. The first-order valence-corrected chi connectivity index (χ1v) is 7.39. The third-order valence-electron chi connectivity index (χ3n) is 3.77. The van der Waals surface area contributed by atoms with Gasteiger partial charge in [-0.05, 0) is 30.5 Å². The molecule has 3 N–H and O–H groups in total. The van der Waals surface area contributed by atoms with Crippen LogP contribution in [0.3, 0.4) is 0 Å². The van der Waals surface area contributed by atoms with E-state index in [0.29, 0.717) is 24.9 Å². The second-order valence-corrected chi connectivity index (χ2v) is 6.11. The lowest BCUT2D eigenvalue weighted by Crippen LogP contribution is -2.52. The standard InChI is InChI=1S/C15H18ClFN2O3/c16-12-7-11(17)3-2-10(12)6-14(21)19-5-1-4-15(22,9-19)8-13(18)20/h2-3,7,22H,1,4-6,8-9H2,(H2,18,20). The van der Waals surface area contributed by atoms with Crippen LogP contribution >= 0.6 is 11.6 Å². The largest absolute Gasteiger partial charge is 0.388 e. The lowest BCUT2D eigenvalue weighted by atomic mass is 9.89. The van der Waals surface area contributed by atoms with Crippen molar-refractivity contribution < 1.29 is 19.1 Å². The fraction of sp³-hybridized carbons (Fsp3) is 0.467. The second kappa shape index (κ2) is 6.62. The molecule has 0 aliphatic carbocycles. The predicted molar refractivity (Wildman–Crippen MR) is 79.7 cm³/mol. The van der Waals surface area contributed by atoms with E-state index >= 15 is 0 Å². The predicted octanol–water partition coefficient (Wildman–Crippen LogP) is 1.25. The number of hydrogen-bond acceptors (Lipinski definition) is 3. The Morgan fingerprint density at radius 3 is 2.82 bits per heavy atom. The molecule has 1 saturated heterocycles. The number of aliphatic hydroxyl groups is 1. The Bertz CT molecular complexity index is 596. The minimum Gasteiger partial charge on any atom is -0.388 e. The molecule has 1 fully saturated rings. The SMILES string of the molecule is NC(=O)CC1(O)CCCN(C(=O)Cc2ccc(F)cc2Cl)C1. The van der Waals surface area contributed by atoms with E-state index in [2.05, 4.69) is 0 Å². The van der Waals surface area contributed by atoms with Gasteiger partial charge < -0.3 is 15.7 Å². The van der Waals surface area contributed by atoms with Crippen LogP contribution in [0, 0.1) is 5.82 Å². The van der Waals surface area contributed by atoms with Gasteiger partial charge in [0.05, 0.1) is 18.4 Å². The number of carbonyl (C=O) groups is 2. The van der Waals surface area contributed by atoms with Crippen LogP contribution in [-0.4, -0.2) is 40.5 Å². The second-order valence-electron chi connectivity index (χ2n) is 5.70. The van der Waals surface area contributed by atoms with Gasteiger partial charge in [-0.25, -0.2) is 4.39 Å². The van der Waals surface area contributed by atoms with Gasteiger partial charge in [0.2, 0.25) is 11.8 Å². The molecule has 0 saturated carbocycles. The summed E-state index contributed by atoms with van der Waals surface area (Å²) in [6.07, 6.45) is 0.865. The Hall–Kier alpha value is -1.66. The summed E-state index contributed by atoms with van der Waals surface area (Å²) >= 11 is 5.92. The van der Waals surface area contributed by atoms with Gasteiger partial charge in [-0.2, -0.15) is 0 Å².